The molecule has 0 radical (unpaired) electrons. The summed E-state index contributed by atoms with van der Waals surface area (Å²) in [6.45, 7) is 0.294. The van der Waals surface area contributed by atoms with E-state index in [-0.39, 0.29) is 33.7 Å². The third-order valence-corrected chi connectivity index (χ3v) is 4.30. The summed E-state index contributed by atoms with van der Waals surface area (Å²) in [6.07, 6.45) is -2.26. The molecule has 1 N–H and O–H groups in total. The lowest BCUT2D eigenvalue weighted by molar-refractivity contribution is -0.137. The van der Waals surface area contributed by atoms with Crippen molar-refractivity contribution >= 4 is 23.1 Å². The summed E-state index contributed by atoms with van der Waals surface area (Å²) in [7, 11) is 0. The highest BCUT2D eigenvalue weighted by Crippen LogP contribution is 2.39. The number of alkyl halides is 3. The second kappa shape index (κ2) is 6.90. The maximum Gasteiger partial charge on any atom is 0.419 e. The van der Waals surface area contributed by atoms with Gasteiger partial charge in [-0.25, -0.2) is 14.4 Å². The largest absolute Gasteiger partial charge is 0.487 e. The Kier molecular flexibility index (Phi) is 4.54. The second-order valence-corrected chi connectivity index (χ2v) is 6.37. The summed E-state index contributed by atoms with van der Waals surface area (Å²) in [5.41, 5.74) is -0.710. The molecule has 0 spiro atoms. The van der Waals surface area contributed by atoms with Gasteiger partial charge in [-0.1, -0.05) is 11.6 Å². The number of aromatic nitrogens is 3. The number of anilines is 2. The highest BCUT2D eigenvalue weighted by Gasteiger charge is 2.34. The van der Waals surface area contributed by atoms with E-state index in [9.17, 15) is 17.6 Å². The van der Waals surface area contributed by atoms with E-state index in [1.165, 1.54) is 30.5 Å². The number of benzene rings is 1. The second-order valence-electron chi connectivity index (χ2n) is 5.94. The van der Waals surface area contributed by atoms with Crippen molar-refractivity contribution in [2.75, 3.05) is 11.9 Å². The topological polar surface area (TPSA) is 59.9 Å². The number of hydrogen-bond donors (Lipinski definition) is 1. The van der Waals surface area contributed by atoms with Gasteiger partial charge in [0.05, 0.1) is 29.1 Å². The van der Waals surface area contributed by atoms with Gasteiger partial charge in [0.15, 0.2) is 17.4 Å². The first kappa shape index (κ1) is 18.4. The molecule has 0 amide bonds. The Morgan fingerprint density at radius 2 is 1.96 bits per heavy atom. The van der Waals surface area contributed by atoms with Gasteiger partial charge in [0.1, 0.15) is 5.82 Å². The number of halogens is 5. The first-order valence-corrected chi connectivity index (χ1v) is 8.48. The van der Waals surface area contributed by atoms with Crippen molar-refractivity contribution in [2.45, 2.75) is 12.6 Å². The molecule has 3 aromatic rings. The van der Waals surface area contributed by atoms with Crippen LogP contribution in [-0.4, -0.2) is 21.6 Å². The smallest absolute Gasteiger partial charge is 0.419 e. The van der Waals surface area contributed by atoms with E-state index in [0.29, 0.717) is 24.9 Å². The summed E-state index contributed by atoms with van der Waals surface area (Å²) in [5.74, 6) is -0.367. The predicted octanol–water partition coefficient (Wildman–Crippen LogP) is 5.03. The third-order valence-electron chi connectivity index (χ3n) is 4.07. The zero-order valence-electron chi connectivity index (χ0n) is 14.0. The van der Waals surface area contributed by atoms with E-state index < -0.39 is 17.6 Å². The molecule has 0 unspecified atom stereocenters. The summed E-state index contributed by atoms with van der Waals surface area (Å²) >= 11 is 5.93. The van der Waals surface area contributed by atoms with Crippen molar-refractivity contribution in [1.82, 2.24) is 15.0 Å². The first-order chi connectivity index (χ1) is 13.3. The van der Waals surface area contributed by atoms with Crippen LogP contribution >= 0.6 is 11.6 Å². The quantitative estimate of drug-likeness (QED) is 0.614. The molecule has 28 heavy (non-hydrogen) atoms. The normalized spacial score (nSPS) is 13.2. The molecule has 0 saturated heterocycles. The van der Waals surface area contributed by atoms with Gasteiger partial charge >= 0.3 is 6.18 Å². The van der Waals surface area contributed by atoms with Crippen LogP contribution in [0.1, 0.15) is 11.3 Å². The maximum absolute atomic E-state index is 14.2. The van der Waals surface area contributed by atoms with Gasteiger partial charge in [-0.2, -0.15) is 13.2 Å². The molecule has 10 heteroatoms. The molecule has 4 rings (SSSR count). The number of nitrogens with zero attached hydrogens (tertiary/aromatic N) is 3. The van der Waals surface area contributed by atoms with Gasteiger partial charge in [-0.05, 0) is 24.3 Å². The fourth-order valence-electron chi connectivity index (χ4n) is 2.80. The molecule has 144 valence electrons. The maximum atomic E-state index is 14.2. The third kappa shape index (κ3) is 3.45. The van der Waals surface area contributed by atoms with E-state index in [1.54, 1.807) is 0 Å². The van der Waals surface area contributed by atoms with E-state index in [0.717, 1.165) is 0 Å². The Balaban J connectivity index is 1.83. The van der Waals surface area contributed by atoms with Crippen molar-refractivity contribution in [1.29, 1.82) is 0 Å². The first-order valence-electron chi connectivity index (χ1n) is 8.10. The SMILES string of the molecule is Fc1ccc(Cl)cc1-c1nc2c(c(Nc3ccncc3C(F)(F)F)n1)OCC2. The Morgan fingerprint density at radius 1 is 1.14 bits per heavy atom. The molecule has 1 aliphatic rings. The van der Waals surface area contributed by atoms with Crippen LogP contribution in [0.5, 0.6) is 5.75 Å². The molecule has 0 fully saturated rings. The fourth-order valence-corrected chi connectivity index (χ4v) is 2.97. The Morgan fingerprint density at radius 3 is 2.75 bits per heavy atom. The van der Waals surface area contributed by atoms with Crippen molar-refractivity contribution < 1.29 is 22.3 Å². The van der Waals surface area contributed by atoms with Crippen LogP contribution in [0.4, 0.5) is 29.1 Å². The van der Waals surface area contributed by atoms with E-state index in [1.807, 2.05) is 0 Å². The summed E-state index contributed by atoms with van der Waals surface area (Å²) in [6, 6.07) is 5.07. The summed E-state index contributed by atoms with van der Waals surface area (Å²) < 4.78 is 59.5. The van der Waals surface area contributed by atoms with E-state index >= 15 is 0 Å². The van der Waals surface area contributed by atoms with Crippen LogP contribution in [0, 0.1) is 5.82 Å². The standard InChI is InChI=1S/C18H11ClF4N4O/c19-9-1-2-12(20)10(7-9)16-26-14-4-6-28-15(14)17(27-16)25-13-3-5-24-8-11(13)18(21,22)23/h1-3,5,7-8H,4,6H2,(H,24,25,26,27). The van der Waals surface area contributed by atoms with Crippen LogP contribution < -0.4 is 10.1 Å². The number of fused-ring (bicyclic) bond motifs is 1. The molecule has 1 aromatic carbocycles. The summed E-state index contributed by atoms with van der Waals surface area (Å²) in [5, 5.41) is 2.91. The number of nitrogens with one attached hydrogen (secondary N) is 1. The van der Waals surface area contributed by atoms with Crippen LogP contribution in [0.2, 0.25) is 5.02 Å². The summed E-state index contributed by atoms with van der Waals surface area (Å²) in [4.78, 5) is 12.0. The minimum atomic E-state index is -4.62. The van der Waals surface area contributed by atoms with Gasteiger partial charge < -0.3 is 10.1 Å². The molecule has 0 atom stereocenters. The lowest BCUT2D eigenvalue weighted by Gasteiger charge is -2.15. The van der Waals surface area contributed by atoms with Gasteiger partial charge in [0.25, 0.3) is 0 Å². The lowest BCUT2D eigenvalue weighted by Crippen LogP contribution is -2.10. The molecule has 0 bridgehead atoms. The molecule has 0 saturated carbocycles. The molecular formula is C18H11ClF4N4O. The highest BCUT2D eigenvalue weighted by molar-refractivity contribution is 6.30. The van der Waals surface area contributed by atoms with Crippen LogP contribution in [0.25, 0.3) is 11.4 Å². The zero-order valence-corrected chi connectivity index (χ0v) is 14.8. The minimum Gasteiger partial charge on any atom is -0.487 e. The number of rotatable bonds is 3. The number of ether oxygens (including phenoxy) is 1. The molecule has 1 aliphatic heterocycles. The number of hydrogen-bond acceptors (Lipinski definition) is 5. The number of pyridine rings is 1. The Hall–Kier alpha value is -2.94. The molecule has 0 aliphatic carbocycles. The monoisotopic (exact) mass is 410 g/mol. The van der Waals surface area contributed by atoms with Crippen LogP contribution in [0.3, 0.4) is 0 Å². The zero-order chi connectivity index (χ0) is 19.9. The Bertz CT molecular complexity index is 1060. The van der Waals surface area contributed by atoms with Crippen molar-refractivity contribution in [2.24, 2.45) is 0 Å². The lowest BCUT2D eigenvalue weighted by atomic mass is 10.2. The molecule has 5 nitrogen and oxygen atoms in total. The molecule has 3 heterocycles. The van der Waals surface area contributed by atoms with Crippen LogP contribution in [-0.2, 0) is 12.6 Å². The van der Waals surface area contributed by atoms with Crippen molar-refractivity contribution in [3.05, 3.63) is 58.8 Å². The highest BCUT2D eigenvalue weighted by atomic mass is 35.5. The van der Waals surface area contributed by atoms with Gasteiger partial charge in [0, 0.05) is 23.8 Å². The average molecular weight is 411 g/mol. The average Bonchev–Trinajstić information content (AvgIpc) is 3.12. The van der Waals surface area contributed by atoms with Crippen LogP contribution in [0.15, 0.2) is 36.7 Å². The van der Waals surface area contributed by atoms with Gasteiger partial charge in [-0.3, -0.25) is 4.98 Å². The molecular weight excluding hydrogens is 400 g/mol. The Labute approximate surface area is 161 Å². The van der Waals surface area contributed by atoms with E-state index in [2.05, 4.69) is 20.3 Å². The van der Waals surface area contributed by atoms with Crippen molar-refractivity contribution in [3.8, 4) is 17.1 Å². The van der Waals surface area contributed by atoms with Gasteiger partial charge in [-0.15, -0.1) is 0 Å². The van der Waals surface area contributed by atoms with Gasteiger partial charge in [0.2, 0.25) is 0 Å². The van der Waals surface area contributed by atoms with Crippen molar-refractivity contribution in [3.63, 3.8) is 0 Å². The minimum absolute atomic E-state index is 0.00522. The fraction of sp³-hybridized carbons (Fsp3) is 0.167. The predicted molar refractivity (Wildman–Crippen MR) is 94.2 cm³/mol. The molecule has 2 aromatic heterocycles. The van der Waals surface area contributed by atoms with E-state index in [4.69, 9.17) is 16.3 Å².